The van der Waals surface area contributed by atoms with Crippen molar-refractivity contribution >= 4 is 0 Å². The van der Waals surface area contributed by atoms with Crippen molar-refractivity contribution in [3.63, 3.8) is 0 Å². The molecule has 7 heteroatoms. The fourth-order valence-electron chi connectivity index (χ4n) is 6.05. The van der Waals surface area contributed by atoms with Crippen LogP contribution in [0, 0.1) is 0 Å². The molecule has 292 valence electrons. The summed E-state index contributed by atoms with van der Waals surface area (Å²) < 4.78 is 39.5. The zero-order chi connectivity index (χ0) is 35.9. The third-order valence-electron chi connectivity index (χ3n) is 8.85. The highest BCUT2D eigenvalue weighted by molar-refractivity contribution is 4.89. The Morgan fingerprint density at radius 1 is 0.367 bits per heavy atom. The van der Waals surface area contributed by atoms with Crippen LogP contribution in [0.15, 0.2) is 24.3 Å². The fourth-order valence-corrected chi connectivity index (χ4v) is 6.05. The van der Waals surface area contributed by atoms with Crippen LogP contribution in [0.4, 0.5) is 0 Å². The number of hydrogen-bond acceptors (Lipinski definition) is 7. The molecule has 49 heavy (non-hydrogen) atoms. The van der Waals surface area contributed by atoms with E-state index in [1.54, 1.807) is 14.2 Å². The van der Waals surface area contributed by atoms with Crippen LogP contribution < -0.4 is 0 Å². The second kappa shape index (κ2) is 40.0. The summed E-state index contributed by atoms with van der Waals surface area (Å²) in [6.07, 6.45) is 37.9. The molecule has 0 rings (SSSR count). The molecular weight excluding hydrogens is 616 g/mol. The van der Waals surface area contributed by atoms with Gasteiger partial charge in [0.2, 0.25) is 0 Å². The van der Waals surface area contributed by atoms with Gasteiger partial charge in [-0.1, -0.05) is 115 Å². The average Bonchev–Trinajstić information content (AvgIpc) is 3.10. The third-order valence-corrected chi connectivity index (χ3v) is 8.85. The normalized spacial score (nSPS) is 13.6. The standard InChI is InChI=1S/C42H82O7/c1-7-45-41(46-8-2)37-33-29-25-21-17-13-11-15-19-23-27-31-35-39(43-5)49-40(44-6)36-32-28-24-20-16-12-14-18-22-26-30-34-38-42(47-9-3)48-10-4/h31-32,35-36,39-42H,7-30,33-34,37-38H2,1-6H3. The summed E-state index contributed by atoms with van der Waals surface area (Å²) in [5.74, 6) is 0. The molecule has 0 bridgehead atoms. The van der Waals surface area contributed by atoms with Crippen LogP contribution in [0.25, 0.3) is 0 Å². The maximum absolute atomic E-state index is 5.99. The maximum Gasteiger partial charge on any atom is 0.179 e. The first-order valence-corrected chi connectivity index (χ1v) is 20.7. The Balaban J connectivity index is 3.72. The Morgan fingerprint density at radius 3 is 0.898 bits per heavy atom. The predicted molar refractivity (Wildman–Crippen MR) is 206 cm³/mol. The van der Waals surface area contributed by atoms with Crippen LogP contribution in [0.1, 0.15) is 182 Å². The van der Waals surface area contributed by atoms with E-state index in [1.165, 1.54) is 128 Å². The summed E-state index contributed by atoms with van der Waals surface area (Å²) >= 11 is 0. The molecule has 0 amide bonds. The van der Waals surface area contributed by atoms with Crippen LogP contribution in [-0.2, 0) is 33.2 Å². The first-order valence-electron chi connectivity index (χ1n) is 20.7. The summed E-state index contributed by atoms with van der Waals surface area (Å²) in [5.41, 5.74) is 0. The lowest BCUT2D eigenvalue weighted by atomic mass is 10.0. The van der Waals surface area contributed by atoms with Crippen LogP contribution in [-0.4, -0.2) is 65.8 Å². The molecule has 0 saturated heterocycles. The molecule has 0 spiro atoms. The number of unbranched alkanes of at least 4 members (excludes halogenated alkanes) is 20. The lowest BCUT2D eigenvalue weighted by Gasteiger charge is -2.18. The van der Waals surface area contributed by atoms with Gasteiger partial charge in [-0.2, -0.15) is 0 Å². The van der Waals surface area contributed by atoms with Crippen LogP contribution >= 0.6 is 0 Å². The highest BCUT2D eigenvalue weighted by atomic mass is 16.8. The average molecular weight is 699 g/mol. The van der Waals surface area contributed by atoms with Gasteiger partial charge in [-0.05, 0) is 91.2 Å². The molecule has 0 aliphatic carbocycles. The topological polar surface area (TPSA) is 64.6 Å². The third kappa shape index (κ3) is 34.1. The largest absolute Gasteiger partial charge is 0.353 e. The van der Waals surface area contributed by atoms with Gasteiger partial charge in [0.05, 0.1) is 0 Å². The van der Waals surface area contributed by atoms with E-state index >= 15 is 0 Å². The van der Waals surface area contributed by atoms with Gasteiger partial charge in [0, 0.05) is 40.6 Å². The first-order chi connectivity index (χ1) is 24.1. The van der Waals surface area contributed by atoms with Crippen LogP contribution in [0.5, 0.6) is 0 Å². The van der Waals surface area contributed by atoms with Crippen molar-refractivity contribution in [2.45, 2.75) is 207 Å². The second-order valence-corrected chi connectivity index (χ2v) is 13.1. The molecule has 0 saturated carbocycles. The minimum Gasteiger partial charge on any atom is -0.353 e. The summed E-state index contributed by atoms with van der Waals surface area (Å²) in [6, 6.07) is 0. The van der Waals surface area contributed by atoms with Crippen LogP contribution in [0.3, 0.4) is 0 Å². The number of ether oxygens (including phenoxy) is 7. The molecular formula is C42H82O7. The molecule has 0 aromatic carbocycles. The van der Waals surface area contributed by atoms with Crippen molar-refractivity contribution in [2.24, 2.45) is 0 Å². The molecule has 0 radical (unpaired) electrons. The van der Waals surface area contributed by atoms with E-state index in [9.17, 15) is 0 Å². The summed E-state index contributed by atoms with van der Waals surface area (Å²) in [4.78, 5) is 0. The molecule has 0 aromatic rings. The van der Waals surface area contributed by atoms with Crippen LogP contribution in [0.2, 0.25) is 0 Å². The lowest BCUT2D eigenvalue weighted by Crippen LogP contribution is -2.22. The van der Waals surface area contributed by atoms with Gasteiger partial charge < -0.3 is 33.2 Å². The van der Waals surface area contributed by atoms with E-state index in [-0.39, 0.29) is 25.2 Å². The molecule has 2 atom stereocenters. The minimum atomic E-state index is -0.388. The fraction of sp³-hybridized carbons (Fsp3) is 0.905. The Bertz CT molecular complexity index is 618. The zero-order valence-electron chi connectivity index (χ0n) is 33.3. The number of allylic oxidation sites excluding steroid dienone is 2. The Labute approximate surface area is 304 Å². The number of methoxy groups -OCH3 is 2. The van der Waals surface area contributed by atoms with Gasteiger partial charge in [-0.15, -0.1) is 0 Å². The Kier molecular flexibility index (Phi) is 39.3. The van der Waals surface area contributed by atoms with E-state index < -0.39 is 0 Å². The smallest absolute Gasteiger partial charge is 0.179 e. The lowest BCUT2D eigenvalue weighted by molar-refractivity contribution is -0.188. The highest BCUT2D eigenvalue weighted by Gasteiger charge is 2.11. The van der Waals surface area contributed by atoms with Crippen molar-refractivity contribution in [3.8, 4) is 0 Å². The molecule has 0 heterocycles. The summed E-state index contributed by atoms with van der Waals surface area (Å²) in [7, 11) is 3.37. The van der Waals surface area contributed by atoms with E-state index in [0.29, 0.717) is 0 Å². The van der Waals surface area contributed by atoms with Gasteiger partial charge in [0.1, 0.15) is 0 Å². The Hall–Kier alpha value is -0.800. The van der Waals surface area contributed by atoms with Gasteiger partial charge in [-0.3, -0.25) is 0 Å². The van der Waals surface area contributed by atoms with E-state index in [4.69, 9.17) is 33.2 Å². The van der Waals surface area contributed by atoms with Gasteiger partial charge in [0.25, 0.3) is 0 Å². The highest BCUT2D eigenvalue weighted by Crippen LogP contribution is 2.16. The quantitative estimate of drug-likeness (QED) is 0.0358. The summed E-state index contributed by atoms with van der Waals surface area (Å²) in [5, 5.41) is 0. The second-order valence-electron chi connectivity index (χ2n) is 13.1. The van der Waals surface area contributed by atoms with Crippen molar-refractivity contribution in [3.05, 3.63) is 24.3 Å². The van der Waals surface area contributed by atoms with E-state index in [1.807, 2.05) is 39.8 Å². The monoisotopic (exact) mass is 699 g/mol. The van der Waals surface area contributed by atoms with E-state index in [0.717, 1.165) is 52.1 Å². The minimum absolute atomic E-state index is 0.00817. The molecule has 2 unspecified atom stereocenters. The van der Waals surface area contributed by atoms with Gasteiger partial charge >= 0.3 is 0 Å². The van der Waals surface area contributed by atoms with Crippen molar-refractivity contribution in [2.75, 3.05) is 40.6 Å². The number of rotatable bonds is 40. The predicted octanol–water partition coefficient (Wildman–Crippen LogP) is 12.2. The molecule has 0 N–H and O–H groups in total. The molecule has 0 aromatic heterocycles. The zero-order valence-corrected chi connectivity index (χ0v) is 33.3. The molecule has 7 nitrogen and oxygen atoms in total. The van der Waals surface area contributed by atoms with Gasteiger partial charge in [-0.25, -0.2) is 0 Å². The first kappa shape index (κ1) is 48.2. The van der Waals surface area contributed by atoms with Gasteiger partial charge in [0.15, 0.2) is 25.2 Å². The molecule has 0 aliphatic rings. The van der Waals surface area contributed by atoms with Crippen molar-refractivity contribution in [1.82, 2.24) is 0 Å². The summed E-state index contributed by atoms with van der Waals surface area (Å²) in [6.45, 7) is 11.0. The number of hydrogen-bond donors (Lipinski definition) is 0. The Morgan fingerprint density at radius 2 is 0.633 bits per heavy atom. The molecule has 0 fully saturated rings. The maximum atomic E-state index is 5.99. The van der Waals surface area contributed by atoms with Crippen molar-refractivity contribution < 1.29 is 33.2 Å². The van der Waals surface area contributed by atoms with Crippen molar-refractivity contribution in [1.29, 1.82) is 0 Å². The van der Waals surface area contributed by atoms with E-state index in [2.05, 4.69) is 12.2 Å². The molecule has 0 aliphatic heterocycles. The SMILES string of the molecule is CCOC(CCCCCCCCCCCCC=CC(OC)OC(C=CCCCCCCCCCCCCC(OCC)OCC)OC)OCC.